The first-order valence-electron chi connectivity index (χ1n) is 6.69. The third-order valence-corrected chi connectivity index (χ3v) is 3.52. The zero-order chi connectivity index (χ0) is 15.4. The van der Waals surface area contributed by atoms with Crippen LogP contribution in [0.1, 0.15) is 16.7 Å². The molecule has 3 nitrogen and oxygen atoms in total. The summed E-state index contributed by atoms with van der Waals surface area (Å²) in [6.07, 6.45) is 0.326. The molecule has 2 aromatic rings. The minimum absolute atomic E-state index is 0.0509. The summed E-state index contributed by atoms with van der Waals surface area (Å²) in [5, 5.41) is 3.57. The molecule has 1 amide bonds. The Hall–Kier alpha value is -2.00. The molecule has 2 aromatic carbocycles. The molecule has 0 radical (unpaired) electrons. The summed E-state index contributed by atoms with van der Waals surface area (Å²) in [7, 11) is 1.64. The monoisotopic (exact) mass is 303 g/mol. The van der Waals surface area contributed by atoms with Gasteiger partial charge in [0.05, 0.1) is 13.5 Å². The highest BCUT2D eigenvalue weighted by molar-refractivity contribution is 6.30. The van der Waals surface area contributed by atoms with Crippen LogP contribution in [0.4, 0.5) is 5.69 Å². The maximum Gasteiger partial charge on any atom is 0.228 e. The van der Waals surface area contributed by atoms with Gasteiger partial charge in [0, 0.05) is 10.7 Å². The first-order chi connectivity index (χ1) is 9.99. The van der Waals surface area contributed by atoms with Gasteiger partial charge in [0.15, 0.2) is 0 Å². The Kier molecular flexibility index (Phi) is 4.86. The van der Waals surface area contributed by atoms with Crippen LogP contribution in [-0.2, 0) is 11.2 Å². The minimum Gasteiger partial charge on any atom is -0.496 e. The fourth-order valence-corrected chi connectivity index (χ4v) is 2.42. The van der Waals surface area contributed by atoms with Crippen LogP contribution in [0.2, 0.25) is 5.02 Å². The molecule has 0 unspecified atom stereocenters. The number of aryl methyl sites for hydroxylation is 2. The molecule has 0 fully saturated rings. The molecule has 2 rings (SSSR count). The molecule has 1 N–H and O–H groups in total. The van der Waals surface area contributed by atoms with Crippen molar-refractivity contribution >= 4 is 23.2 Å². The molecule has 0 aliphatic heterocycles. The van der Waals surface area contributed by atoms with Gasteiger partial charge in [0.1, 0.15) is 5.75 Å². The average Bonchev–Trinajstić information content (AvgIpc) is 2.42. The number of rotatable bonds is 4. The number of benzene rings is 2. The van der Waals surface area contributed by atoms with Crippen LogP contribution in [0, 0.1) is 13.8 Å². The zero-order valence-electron chi connectivity index (χ0n) is 12.4. The number of methoxy groups -OCH3 is 1. The molecule has 0 saturated heterocycles. The molecule has 0 spiro atoms. The molecular formula is C17H18ClNO2. The molecule has 0 saturated carbocycles. The number of hydrogen-bond acceptors (Lipinski definition) is 2. The predicted molar refractivity (Wildman–Crippen MR) is 86.3 cm³/mol. The van der Waals surface area contributed by atoms with Crippen LogP contribution < -0.4 is 10.1 Å². The number of hydrogen-bond donors (Lipinski definition) is 1. The summed E-state index contributed by atoms with van der Waals surface area (Å²) in [5.41, 5.74) is 3.71. The number of carbonyl (C=O) groups is 1. The lowest BCUT2D eigenvalue weighted by Crippen LogP contribution is -2.15. The summed E-state index contributed by atoms with van der Waals surface area (Å²) in [6, 6.07) is 11.2. The minimum atomic E-state index is -0.0509. The Balaban J connectivity index is 2.06. The number of ether oxygens (including phenoxy) is 1. The molecule has 0 aliphatic rings. The van der Waals surface area contributed by atoms with Crippen molar-refractivity contribution in [2.45, 2.75) is 20.3 Å². The molecule has 0 aromatic heterocycles. The van der Waals surface area contributed by atoms with Crippen molar-refractivity contribution in [3.8, 4) is 5.75 Å². The topological polar surface area (TPSA) is 38.3 Å². The predicted octanol–water partition coefficient (Wildman–Crippen LogP) is 4.15. The Morgan fingerprint density at radius 1 is 1.14 bits per heavy atom. The number of anilines is 1. The summed E-state index contributed by atoms with van der Waals surface area (Å²) >= 11 is 5.90. The number of nitrogens with one attached hydrogen (secondary N) is 1. The molecule has 110 valence electrons. The van der Waals surface area contributed by atoms with Crippen molar-refractivity contribution in [1.82, 2.24) is 0 Å². The van der Waals surface area contributed by atoms with Crippen LogP contribution in [0.5, 0.6) is 5.75 Å². The van der Waals surface area contributed by atoms with E-state index in [-0.39, 0.29) is 5.91 Å². The second-order valence-corrected chi connectivity index (χ2v) is 5.42. The highest BCUT2D eigenvalue weighted by atomic mass is 35.5. The Morgan fingerprint density at radius 3 is 2.52 bits per heavy atom. The highest BCUT2D eigenvalue weighted by Gasteiger charge is 2.08. The zero-order valence-corrected chi connectivity index (χ0v) is 13.1. The lowest BCUT2D eigenvalue weighted by Gasteiger charge is -2.10. The van der Waals surface area contributed by atoms with Gasteiger partial charge >= 0.3 is 0 Å². The fourth-order valence-electron chi connectivity index (χ4n) is 2.20. The van der Waals surface area contributed by atoms with Crippen molar-refractivity contribution in [2.24, 2.45) is 0 Å². The van der Waals surface area contributed by atoms with Gasteiger partial charge in [-0.15, -0.1) is 0 Å². The van der Waals surface area contributed by atoms with Gasteiger partial charge in [-0.3, -0.25) is 4.79 Å². The van der Waals surface area contributed by atoms with E-state index in [1.807, 2.05) is 44.2 Å². The number of carbonyl (C=O) groups excluding carboxylic acids is 1. The lowest BCUT2D eigenvalue weighted by molar-refractivity contribution is -0.115. The van der Waals surface area contributed by atoms with Crippen LogP contribution in [0.15, 0.2) is 36.4 Å². The highest BCUT2D eigenvalue weighted by Crippen LogP contribution is 2.21. The fraction of sp³-hybridized carbons (Fsp3) is 0.235. The van der Waals surface area contributed by atoms with Crippen molar-refractivity contribution in [1.29, 1.82) is 0 Å². The van der Waals surface area contributed by atoms with E-state index in [2.05, 4.69) is 5.32 Å². The lowest BCUT2D eigenvalue weighted by atomic mass is 10.1. The van der Waals surface area contributed by atoms with Crippen LogP contribution in [-0.4, -0.2) is 13.0 Å². The van der Waals surface area contributed by atoms with Crippen molar-refractivity contribution in [3.63, 3.8) is 0 Å². The largest absolute Gasteiger partial charge is 0.496 e. The smallest absolute Gasteiger partial charge is 0.228 e. The van der Waals surface area contributed by atoms with Gasteiger partial charge in [-0.25, -0.2) is 0 Å². The van der Waals surface area contributed by atoms with E-state index in [0.717, 1.165) is 28.1 Å². The molecular weight excluding hydrogens is 286 g/mol. The number of amides is 1. The Labute approximate surface area is 129 Å². The number of halogens is 1. The van der Waals surface area contributed by atoms with Crippen LogP contribution in [0.3, 0.4) is 0 Å². The molecule has 0 atom stereocenters. The summed E-state index contributed by atoms with van der Waals surface area (Å²) in [5.74, 6) is 0.776. The molecule has 0 heterocycles. The first kappa shape index (κ1) is 15.4. The first-order valence-corrected chi connectivity index (χ1v) is 7.07. The van der Waals surface area contributed by atoms with Crippen LogP contribution >= 0.6 is 11.6 Å². The van der Waals surface area contributed by atoms with Gasteiger partial charge in [0.2, 0.25) is 5.91 Å². The molecule has 0 bridgehead atoms. The van der Waals surface area contributed by atoms with Gasteiger partial charge in [0.25, 0.3) is 0 Å². The normalized spacial score (nSPS) is 10.3. The van der Waals surface area contributed by atoms with Gasteiger partial charge < -0.3 is 10.1 Å². The molecule has 4 heteroatoms. The van der Waals surface area contributed by atoms with Gasteiger partial charge in [-0.05, 0) is 54.8 Å². The Morgan fingerprint density at radius 2 is 1.90 bits per heavy atom. The standard InChI is InChI=1S/C17H18ClNO2/c1-11-9-14(18)5-6-15(11)19-17(20)10-13-4-7-16(21-3)12(2)8-13/h4-9H,10H2,1-3H3,(H,19,20). The maximum absolute atomic E-state index is 12.1. The summed E-state index contributed by atoms with van der Waals surface area (Å²) in [4.78, 5) is 12.1. The molecule has 21 heavy (non-hydrogen) atoms. The van der Waals surface area contributed by atoms with E-state index in [1.54, 1.807) is 13.2 Å². The second-order valence-electron chi connectivity index (χ2n) is 4.99. The third kappa shape index (κ3) is 3.99. The summed E-state index contributed by atoms with van der Waals surface area (Å²) in [6.45, 7) is 3.88. The van der Waals surface area contributed by atoms with E-state index < -0.39 is 0 Å². The second kappa shape index (κ2) is 6.64. The third-order valence-electron chi connectivity index (χ3n) is 3.29. The van der Waals surface area contributed by atoms with Crippen molar-refractivity contribution in [2.75, 3.05) is 12.4 Å². The van der Waals surface area contributed by atoms with Crippen molar-refractivity contribution in [3.05, 3.63) is 58.1 Å². The quantitative estimate of drug-likeness (QED) is 0.921. The van der Waals surface area contributed by atoms with Gasteiger partial charge in [-0.1, -0.05) is 23.7 Å². The van der Waals surface area contributed by atoms with E-state index in [9.17, 15) is 4.79 Å². The van der Waals surface area contributed by atoms with E-state index in [1.165, 1.54) is 0 Å². The van der Waals surface area contributed by atoms with Crippen LogP contribution in [0.25, 0.3) is 0 Å². The Bertz CT molecular complexity index is 668. The maximum atomic E-state index is 12.1. The van der Waals surface area contributed by atoms with Gasteiger partial charge in [-0.2, -0.15) is 0 Å². The molecule has 0 aliphatic carbocycles. The van der Waals surface area contributed by atoms with E-state index >= 15 is 0 Å². The SMILES string of the molecule is COc1ccc(CC(=O)Nc2ccc(Cl)cc2C)cc1C. The average molecular weight is 304 g/mol. The van der Waals surface area contributed by atoms with E-state index in [4.69, 9.17) is 16.3 Å². The van der Waals surface area contributed by atoms with Crippen molar-refractivity contribution < 1.29 is 9.53 Å². The summed E-state index contributed by atoms with van der Waals surface area (Å²) < 4.78 is 5.21. The van der Waals surface area contributed by atoms with E-state index in [0.29, 0.717) is 11.4 Å².